The molecule has 2 aromatic carbocycles. The highest BCUT2D eigenvalue weighted by Gasteiger charge is 2.22. The molecule has 32 heavy (non-hydrogen) atoms. The molecule has 11 heteroatoms. The van der Waals surface area contributed by atoms with Crippen LogP contribution >= 0.6 is 11.3 Å². The van der Waals surface area contributed by atoms with Crippen molar-refractivity contribution < 1.29 is 26.4 Å². The second-order valence-electron chi connectivity index (χ2n) is 6.66. The number of ether oxygens (including phenoxy) is 1. The number of benzene rings is 2. The molecule has 3 aromatic rings. The third kappa shape index (κ3) is 5.47. The highest BCUT2D eigenvalue weighted by Crippen LogP contribution is 2.26. The number of rotatable bonds is 9. The van der Waals surface area contributed by atoms with Crippen molar-refractivity contribution in [2.24, 2.45) is 0 Å². The lowest BCUT2D eigenvalue weighted by atomic mass is 10.3. The summed E-state index contributed by atoms with van der Waals surface area (Å²) in [6.45, 7) is 1.30. The lowest BCUT2D eigenvalue weighted by Gasteiger charge is -2.18. The maximum atomic E-state index is 12.6. The van der Waals surface area contributed by atoms with Gasteiger partial charge in [-0.1, -0.05) is 13.0 Å². The first-order valence-corrected chi connectivity index (χ1v) is 13.5. The lowest BCUT2D eigenvalue weighted by molar-refractivity contribution is -0.118. The summed E-state index contributed by atoms with van der Waals surface area (Å²) in [5.41, 5.74) is 0.904. The van der Waals surface area contributed by atoms with Gasteiger partial charge < -0.3 is 10.1 Å². The molecule has 1 N–H and O–H groups in total. The molecule has 3 rings (SSSR count). The number of nitrogens with one attached hydrogen (secondary N) is 1. The van der Waals surface area contributed by atoms with E-state index in [1.54, 1.807) is 48.7 Å². The molecule has 0 spiro atoms. The Labute approximate surface area is 191 Å². The Kier molecular flexibility index (Phi) is 7.22. The van der Waals surface area contributed by atoms with E-state index in [0.717, 1.165) is 11.3 Å². The van der Waals surface area contributed by atoms with Gasteiger partial charge in [-0.15, -0.1) is 11.3 Å². The van der Waals surface area contributed by atoms with Crippen LogP contribution in [0.5, 0.6) is 5.75 Å². The average molecular weight is 495 g/mol. The fraction of sp³-hybridized carbons (Fsp3) is 0.190. The van der Waals surface area contributed by atoms with Gasteiger partial charge in [0.15, 0.2) is 16.4 Å². The fourth-order valence-corrected chi connectivity index (χ4v) is 5.94. The van der Waals surface area contributed by atoms with E-state index in [1.807, 2.05) is 0 Å². The predicted octanol–water partition coefficient (Wildman–Crippen LogP) is 3.38. The number of sulfonamides is 1. The van der Waals surface area contributed by atoms with Crippen LogP contribution in [0.4, 0.5) is 11.4 Å². The Morgan fingerprint density at radius 3 is 2.22 bits per heavy atom. The van der Waals surface area contributed by atoms with Gasteiger partial charge in [0, 0.05) is 12.7 Å². The summed E-state index contributed by atoms with van der Waals surface area (Å²) in [6.07, 6.45) is 0. The second kappa shape index (κ2) is 9.72. The smallest absolute Gasteiger partial charge is 0.273 e. The van der Waals surface area contributed by atoms with E-state index in [2.05, 4.69) is 5.32 Å². The molecule has 1 aromatic heterocycles. The summed E-state index contributed by atoms with van der Waals surface area (Å²) in [7, 11) is -5.46. The van der Waals surface area contributed by atoms with Crippen molar-refractivity contribution in [2.45, 2.75) is 16.0 Å². The molecule has 0 aliphatic rings. The number of carbonyl (C=O) groups excluding carboxylic acids is 1. The van der Waals surface area contributed by atoms with Gasteiger partial charge >= 0.3 is 0 Å². The summed E-state index contributed by atoms with van der Waals surface area (Å²) >= 11 is 1.14. The van der Waals surface area contributed by atoms with Crippen molar-refractivity contribution >= 4 is 48.5 Å². The molecule has 0 radical (unpaired) electrons. The van der Waals surface area contributed by atoms with Crippen LogP contribution in [0.15, 0.2) is 75.1 Å². The van der Waals surface area contributed by atoms with Gasteiger partial charge in [-0.05, 0) is 60.0 Å². The molecular weight excluding hydrogens is 472 g/mol. The molecule has 0 saturated heterocycles. The molecule has 1 heterocycles. The molecule has 1 amide bonds. The number of carbonyl (C=O) groups is 1. The Balaban J connectivity index is 1.56. The van der Waals surface area contributed by atoms with Gasteiger partial charge in [0.05, 0.1) is 16.3 Å². The maximum Gasteiger partial charge on any atom is 0.273 e. The van der Waals surface area contributed by atoms with Gasteiger partial charge in [0.25, 0.3) is 15.9 Å². The topological polar surface area (TPSA) is 110 Å². The number of amides is 1. The number of hydrogen-bond acceptors (Lipinski definition) is 7. The first kappa shape index (κ1) is 23.8. The number of hydrogen-bond donors (Lipinski definition) is 1. The fourth-order valence-electron chi connectivity index (χ4n) is 2.69. The zero-order valence-electron chi connectivity index (χ0n) is 17.4. The maximum absolute atomic E-state index is 12.6. The largest absolute Gasteiger partial charge is 0.484 e. The third-order valence-electron chi connectivity index (χ3n) is 4.56. The minimum Gasteiger partial charge on any atom is -0.484 e. The van der Waals surface area contributed by atoms with Crippen LogP contribution < -0.4 is 14.4 Å². The minimum atomic E-state index is -3.63. The SMILES string of the molecule is CCS(=O)(=O)c1ccc(NC(=O)COc2ccc(N(C)S(=O)(=O)c3cccs3)cc2)cc1. The van der Waals surface area contributed by atoms with Gasteiger partial charge in [0.2, 0.25) is 0 Å². The zero-order valence-corrected chi connectivity index (χ0v) is 19.8. The number of thiophene rings is 1. The molecule has 170 valence electrons. The summed E-state index contributed by atoms with van der Waals surface area (Å²) in [4.78, 5) is 12.3. The molecule has 0 atom stereocenters. The van der Waals surface area contributed by atoms with E-state index < -0.39 is 25.8 Å². The molecule has 0 unspecified atom stereocenters. The molecule has 0 fully saturated rings. The first-order valence-electron chi connectivity index (χ1n) is 9.51. The average Bonchev–Trinajstić information content (AvgIpc) is 3.34. The van der Waals surface area contributed by atoms with Crippen molar-refractivity contribution in [1.29, 1.82) is 0 Å². The Morgan fingerprint density at radius 1 is 1.00 bits per heavy atom. The van der Waals surface area contributed by atoms with Crippen LogP contribution in [0.1, 0.15) is 6.92 Å². The van der Waals surface area contributed by atoms with Crippen molar-refractivity contribution in [2.75, 3.05) is 29.0 Å². The van der Waals surface area contributed by atoms with E-state index in [-0.39, 0.29) is 21.5 Å². The highest BCUT2D eigenvalue weighted by molar-refractivity contribution is 7.94. The van der Waals surface area contributed by atoms with Gasteiger partial charge in [-0.25, -0.2) is 16.8 Å². The number of sulfone groups is 1. The van der Waals surface area contributed by atoms with Crippen molar-refractivity contribution in [3.05, 3.63) is 66.0 Å². The van der Waals surface area contributed by atoms with Gasteiger partial charge in [-0.3, -0.25) is 9.10 Å². The third-order valence-corrected chi connectivity index (χ3v) is 9.47. The number of anilines is 2. The monoisotopic (exact) mass is 494 g/mol. The molecule has 0 bridgehead atoms. The van der Waals surface area contributed by atoms with Crippen LogP contribution in [-0.4, -0.2) is 42.2 Å². The lowest BCUT2D eigenvalue weighted by Crippen LogP contribution is -2.25. The van der Waals surface area contributed by atoms with Crippen LogP contribution in [-0.2, 0) is 24.7 Å². The van der Waals surface area contributed by atoms with E-state index in [9.17, 15) is 21.6 Å². The van der Waals surface area contributed by atoms with Gasteiger partial charge in [-0.2, -0.15) is 0 Å². The van der Waals surface area contributed by atoms with Crippen molar-refractivity contribution in [3.8, 4) is 5.75 Å². The summed E-state index contributed by atoms with van der Waals surface area (Å²) in [5, 5.41) is 4.33. The Bertz CT molecular complexity index is 1270. The normalized spacial score (nSPS) is 11.7. The van der Waals surface area contributed by atoms with Crippen molar-refractivity contribution in [3.63, 3.8) is 0 Å². The molecular formula is C21H22N2O6S3. The van der Waals surface area contributed by atoms with E-state index in [0.29, 0.717) is 17.1 Å². The van der Waals surface area contributed by atoms with E-state index >= 15 is 0 Å². The summed E-state index contributed by atoms with van der Waals surface area (Å²) in [6, 6.07) is 15.5. The summed E-state index contributed by atoms with van der Waals surface area (Å²) in [5.74, 6) is -0.0195. The van der Waals surface area contributed by atoms with Gasteiger partial charge in [0.1, 0.15) is 9.96 Å². The number of nitrogens with zero attached hydrogens (tertiary/aromatic N) is 1. The quantitative estimate of drug-likeness (QED) is 0.488. The first-order chi connectivity index (χ1) is 15.1. The highest BCUT2D eigenvalue weighted by atomic mass is 32.2. The second-order valence-corrected chi connectivity index (χ2v) is 12.1. The predicted molar refractivity (Wildman–Crippen MR) is 125 cm³/mol. The molecule has 8 nitrogen and oxygen atoms in total. The van der Waals surface area contributed by atoms with Crippen LogP contribution in [0, 0.1) is 0 Å². The Morgan fingerprint density at radius 2 is 1.66 bits per heavy atom. The van der Waals surface area contributed by atoms with E-state index in [1.165, 1.54) is 35.6 Å². The standard InChI is InChI=1S/C21H22N2O6S3/c1-3-31(25,26)19-12-6-16(7-13-19)22-20(24)15-29-18-10-8-17(9-11-18)23(2)32(27,28)21-5-4-14-30-21/h4-14H,3,15H2,1-2H3,(H,22,24). The zero-order chi connectivity index (χ0) is 23.4. The van der Waals surface area contributed by atoms with Crippen molar-refractivity contribution in [1.82, 2.24) is 0 Å². The van der Waals surface area contributed by atoms with Crippen LogP contribution in [0.2, 0.25) is 0 Å². The minimum absolute atomic E-state index is 0.00108. The molecule has 0 saturated carbocycles. The van der Waals surface area contributed by atoms with E-state index in [4.69, 9.17) is 4.74 Å². The molecule has 0 aliphatic heterocycles. The van der Waals surface area contributed by atoms with Crippen LogP contribution in [0.25, 0.3) is 0 Å². The summed E-state index contributed by atoms with van der Waals surface area (Å²) < 4.78 is 55.7. The Hall–Kier alpha value is -2.89. The van der Waals surface area contributed by atoms with Crippen LogP contribution in [0.3, 0.4) is 0 Å². The molecule has 0 aliphatic carbocycles.